The summed E-state index contributed by atoms with van der Waals surface area (Å²) in [7, 11) is 0. The Morgan fingerprint density at radius 3 is 2.90 bits per heavy atom. The van der Waals surface area contributed by atoms with E-state index in [1.54, 1.807) is 6.07 Å². The van der Waals surface area contributed by atoms with Gasteiger partial charge in [0, 0.05) is 30.0 Å². The Hall–Kier alpha value is -2.07. The Kier molecular flexibility index (Phi) is 4.96. The van der Waals surface area contributed by atoms with Crippen molar-refractivity contribution in [1.29, 1.82) is 0 Å². The van der Waals surface area contributed by atoms with Crippen molar-refractivity contribution >= 4 is 23.2 Å². The van der Waals surface area contributed by atoms with Gasteiger partial charge in [0.25, 0.3) is 5.91 Å². The Labute approximate surface area is 121 Å². The molecule has 0 atom stereocenters. The lowest BCUT2D eigenvalue weighted by atomic mass is 10.1. The summed E-state index contributed by atoms with van der Waals surface area (Å²) in [5, 5.41) is 2.72. The standard InChI is InChI=1S/C15H15ClN2O2/c16-7-2-4-11-3-1-5-12(9-11)18-15(20)13-10-17-8-6-14(13)19/h1,3,5-6,8-10H,2,4,7H2,(H,17,19)(H,18,20). The van der Waals surface area contributed by atoms with Crippen LogP contribution in [-0.4, -0.2) is 16.8 Å². The topological polar surface area (TPSA) is 62.0 Å². The molecular weight excluding hydrogens is 276 g/mol. The zero-order valence-corrected chi connectivity index (χ0v) is 11.6. The number of halogens is 1. The Morgan fingerprint density at radius 1 is 1.30 bits per heavy atom. The van der Waals surface area contributed by atoms with Gasteiger partial charge in [-0.05, 0) is 30.5 Å². The van der Waals surface area contributed by atoms with E-state index in [0.717, 1.165) is 18.4 Å². The second-order valence-electron chi connectivity index (χ2n) is 4.37. The summed E-state index contributed by atoms with van der Waals surface area (Å²) < 4.78 is 0. The number of carbonyl (C=O) groups is 1. The fourth-order valence-corrected chi connectivity index (χ4v) is 2.00. The lowest BCUT2D eigenvalue weighted by Gasteiger charge is -2.07. The maximum absolute atomic E-state index is 12.0. The number of hydrogen-bond acceptors (Lipinski definition) is 2. The summed E-state index contributed by atoms with van der Waals surface area (Å²) in [6.45, 7) is 0. The molecule has 2 N–H and O–H groups in total. The molecule has 0 radical (unpaired) electrons. The normalized spacial score (nSPS) is 10.2. The van der Waals surface area contributed by atoms with Crippen molar-refractivity contribution < 1.29 is 4.79 Å². The Bertz CT molecular complexity index is 652. The van der Waals surface area contributed by atoms with E-state index >= 15 is 0 Å². The summed E-state index contributed by atoms with van der Waals surface area (Å²) in [5.74, 6) is 0.192. The first-order valence-corrected chi connectivity index (χ1v) is 6.87. The van der Waals surface area contributed by atoms with Gasteiger partial charge in [0.05, 0.1) is 0 Å². The number of pyridine rings is 1. The first kappa shape index (κ1) is 14.3. The van der Waals surface area contributed by atoms with E-state index in [-0.39, 0.29) is 11.0 Å². The number of anilines is 1. The minimum Gasteiger partial charge on any atom is -0.367 e. The number of amides is 1. The van der Waals surface area contributed by atoms with E-state index in [9.17, 15) is 9.59 Å². The van der Waals surface area contributed by atoms with E-state index in [2.05, 4.69) is 10.3 Å². The number of rotatable bonds is 5. The second-order valence-corrected chi connectivity index (χ2v) is 4.75. The number of aromatic amines is 1. The van der Waals surface area contributed by atoms with Crippen molar-refractivity contribution in [2.24, 2.45) is 0 Å². The molecule has 1 heterocycles. The van der Waals surface area contributed by atoms with Gasteiger partial charge >= 0.3 is 0 Å². The molecule has 2 rings (SSSR count). The molecule has 0 unspecified atom stereocenters. The highest BCUT2D eigenvalue weighted by atomic mass is 35.5. The van der Waals surface area contributed by atoms with Gasteiger partial charge < -0.3 is 10.3 Å². The van der Waals surface area contributed by atoms with E-state index in [1.165, 1.54) is 18.5 Å². The summed E-state index contributed by atoms with van der Waals surface area (Å²) in [6, 6.07) is 8.86. The SMILES string of the molecule is O=C(Nc1cccc(CCCCl)c1)c1c[nH]ccc1=O. The number of aryl methyl sites for hydroxylation is 1. The molecule has 0 saturated heterocycles. The smallest absolute Gasteiger partial charge is 0.261 e. The molecule has 104 valence electrons. The molecule has 0 fully saturated rings. The van der Waals surface area contributed by atoms with Crippen molar-refractivity contribution in [3.8, 4) is 0 Å². The summed E-state index contributed by atoms with van der Waals surface area (Å²) in [5.41, 5.74) is 1.56. The van der Waals surface area contributed by atoms with Crippen LogP contribution in [0.25, 0.3) is 0 Å². The second kappa shape index (κ2) is 6.91. The van der Waals surface area contributed by atoms with Crippen LogP contribution in [0.3, 0.4) is 0 Å². The van der Waals surface area contributed by atoms with Crippen LogP contribution in [-0.2, 0) is 6.42 Å². The van der Waals surface area contributed by atoms with Crippen molar-refractivity contribution in [3.63, 3.8) is 0 Å². The van der Waals surface area contributed by atoms with Gasteiger partial charge in [-0.3, -0.25) is 9.59 Å². The van der Waals surface area contributed by atoms with Gasteiger partial charge in [0.1, 0.15) is 5.56 Å². The van der Waals surface area contributed by atoms with Crippen LogP contribution in [0.1, 0.15) is 22.3 Å². The Balaban J connectivity index is 2.12. The number of H-pyrrole nitrogens is 1. The lowest BCUT2D eigenvalue weighted by Crippen LogP contribution is -2.20. The highest BCUT2D eigenvalue weighted by Gasteiger charge is 2.09. The van der Waals surface area contributed by atoms with Crippen molar-refractivity contribution in [1.82, 2.24) is 4.98 Å². The first-order chi connectivity index (χ1) is 9.70. The van der Waals surface area contributed by atoms with Gasteiger partial charge in [-0.2, -0.15) is 0 Å². The highest BCUT2D eigenvalue weighted by molar-refractivity contribution is 6.17. The zero-order chi connectivity index (χ0) is 14.4. The third-order valence-corrected chi connectivity index (χ3v) is 3.12. The van der Waals surface area contributed by atoms with Crippen LogP contribution in [0.5, 0.6) is 0 Å². The van der Waals surface area contributed by atoms with Crippen LogP contribution in [0.15, 0.2) is 47.5 Å². The third kappa shape index (κ3) is 3.71. The van der Waals surface area contributed by atoms with E-state index in [0.29, 0.717) is 11.6 Å². The molecule has 0 spiro atoms. The highest BCUT2D eigenvalue weighted by Crippen LogP contribution is 2.13. The molecule has 0 bridgehead atoms. The van der Waals surface area contributed by atoms with Gasteiger partial charge in [-0.25, -0.2) is 0 Å². The van der Waals surface area contributed by atoms with Crippen LogP contribution in [0, 0.1) is 0 Å². The van der Waals surface area contributed by atoms with E-state index in [4.69, 9.17) is 11.6 Å². The minimum absolute atomic E-state index is 0.0960. The van der Waals surface area contributed by atoms with Crippen LogP contribution in [0.4, 0.5) is 5.69 Å². The lowest BCUT2D eigenvalue weighted by molar-refractivity contribution is 0.102. The van der Waals surface area contributed by atoms with Gasteiger partial charge in [0.2, 0.25) is 0 Å². The van der Waals surface area contributed by atoms with Crippen molar-refractivity contribution in [3.05, 3.63) is 64.1 Å². The average molecular weight is 291 g/mol. The predicted octanol–water partition coefficient (Wildman–Crippen LogP) is 2.80. The quantitative estimate of drug-likeness (QED) is 0.832. The van der Waals surface area contributed by atoms with Gasteiger partial charge in [-0.15, -0.1) is 11.6 Å². The summed E-state index contributed by atoms with van der Waals surface area (Å²) in [6.07, 6.45) is 4.64. The average Bonchev–Trinajstić information content (AvgIpc) is 2.46. The zero-order valence-electron chi connectivity index (χ0n) is 10.9. The third-order valence-electron chi connectivity index (χ3n) is 2.85. The Morgan fingerprint density at radius 2 is 2.15 bits per heavy atom. The molecule has 1 amide bonds. The largest absolute Gasteiger partial charge is 0.367 e. The summed E-state index contributed by atoms with van der Waals surface area (Å²) in [4.78, 5) is 26.3. The number of carbonyl (C=O) groups excluding carboxylic acids is 1. The molecule has 0 saturated carbocycles. The molecule has 0 aliphatic rings. The van der Waals surface area contributed by atoms with Gasteiger partial charge in [-0.1, -0.05) is 12.1 Å². The number of benzene rings is 1. The molecule has 2 aromatic rings. The van der Waals surface area contributed by atoms with Crippen LogP contribution < -0.4 is 10.7 Å². The van der Waals surface area contributed by atoms with Crippen LogP contribution >= 0.6 is 11.6 Å². The molecule has 0 aliphatic heterocycles. The molecule has 1 aromatic carbocycles. The molecular formula is C15H15ClN2O2. The van der Waals surface area contributed by atoms with Crippen LogP contribution in [0.2, 0.25) is 0 Å². The van der Waals surface area contributed by atoms with E-state index < -0.39 is 5.91 Å². The number of nitrogens with one attached hydrogen (secondary N) is 2. The number of aromatic nitrogens is 1. The summed E-state index contributed by atoms with van der Waals surface area (Å²) >= 11 is 5.67. The maximum Gasteiger partial charge on any atom is 0.261 e. The number of alkyl halides is 1. The van der Waals surface area contributed by atoms with Crippen molar-refractivity contribution in [2.75, 3.05) is 11.2 Å². The molecule has 5 heteroatoms. The molecule has 4 nitrogen and oxygen atoms in total. The number of hydrogen-bond donors (Lipinski definition) is 2. The van der Waals surface area contributed by atoms with Crippen molar-refractivity contribution in [2.45, 2.75) is 12.8 Å². The van der Waals surface area contributed by atoms with Gasteiger partial charge in [0.15, 0.2) is 5.43 Å². The molecule has 1 aromatic heterocycles. The monoisotopic (exact) mass is 290 g/mol. The maximum atomic E-state index is 12.0. The predicted molar refractivity (Wildman–Crippen MR) is 80.5 cm³/mol. The first-order valence-electron chi connectivity index (χ1n) is 6.34. The fraction of sp³-hybridized carbons (Fsp3) is 0.200. The fourth-order valence-electron chi connectivity index (χ4n) is 1.87. The minimum atomic E-state index is -0.415. The molecule has 20 heavy (non-hydrogen) atoms. The molecule has 0 aliphatic carbocycles. The van der Waals surface area contributed by atoms with E-state index in [1.807, 2.05) is 18.2 Å².